The smallest absolute Gasteiger partial charge is 0.337 e. The first kappa shape index (κ1) is 15.9. The molecule has 0 spiro atoms. The zero-order valence-corrected chi connectivity index (χ0v) is 13.5. The fourth-order valence-corrected chi connectivity index (χ4v) is 2.78. The summed E-state index contributed by atoms with van der Waals surface area (Å²) in [5.41, 5.74) is 2.05. The van der Waals surface area contributed by atoms with Crippen molar-refractivity contribution in [1.29, 1.82) is 0 Å². The molecule has 0 amide bonds. The van der Waals surface area contributed by atoms with Crippen LogP contribution >= 0.6 is 0 Å². The number of carbonyl (C=O) groups excluding carboxylic acids is 1. The van der Waals surface area contributed by atoms with Gasteiger partial charge in [0.1, 0.15) is 17.5 Å². The maximum Gasteiger partial charge on any atom is 0.337 e. The first-order chi connectivity index (χ1) is 12.6. The van der Waals surface area contributed by atoms with Gasteiger partial charge in [0.15, 0.2) is 0 Å². The number of aromatic nitrogens is 2. The number of aromatic amines is 1. The molecule has 4 rings (SSSR count). The van der Waals surface area contributed by atoms with E-state index in [1.807, 2.05) is 0 Å². The fraction of sp³-hybridized carbons (Fsp3) is 0.0556. The summed E-state index contributed by atoms with van der Waals surface area (Å²) in [6, 6.07) is 8.30. The van der Waals surface area contributed by atoms with Crippen LogP contribution in [-0.4, -0.2) is 29.1 Å². The molecule has 6 nitrogen and oxygen atoms in total. The van der Waals surface area contributed by atoms with Crippen LogP contribution in [0.15, 0.2) is 47.6 Å². The number of amidine groups is 1. The molecule has 26 heavy (non-hydrogen) atoms. The molecule has 2 heterocycles. The fourth-order valence-electron chi connectivity index (χ4n) is 2.78. The molecule has 130 valence electrons. The van der Waals surface area contributed by atoms with Crippen LogP contribution in [0.3, 0.4) is 0 Å². The van der Waals surface area contributed by atoms with E-state index in [1.54, 1.807) is 12.1 Å². The van der Waals surface area contributed by atoms with Crippen molar-refractivity contribution in [3.8, 4) is 11.3 Å². The number of benzene rings is 2. The van der Waals surface area contributed by atoms with Crippen molar-refractivity contribution >= 4 is 23.2 Å². The van der Waals surface area contributed by atoms with Crippen LogP contribution in [0, 0.1) is 11.6 Å². The Morgan fingerprint density at radius 2 is 1.92 bits per heavy atom. The number of nitrogens with one attached hydrogen (secondary N) is 2. The number of carbonyl (C=O) groups is 1. The van der Waals surface area contributed by atoms with Gasteiger partial charge in [0.05, 0.1) is 41.5 Å². The van der Waals surface area contributed by atoms with Crippen LogP contribution in [0.1, 0.15) is 15.9 Å². The van der Waals surface area contributed by atoms with E-state index in [-0.39, 0.29) is 11.4 Å². The minimum absolute atomic E-state index is 0.00724. The van der Waals surface area contributed by atoms with E-state index in [2.05, 4.69) is 20.5 Å². The van der Waals surface area contributed by atoms with Gasteiger partial charge < -0.3 is 10.1 Å². The molecule has 0 fully saturated rings. The number of hydrogen-bond donors (Lipinski definition) is 2. The van der Waals surface area contributed by atoms with Gasteiger partial charge >= 0.3 is 5.97 Å². The van der Waals surface area contributed by atoms with Crippen molar-refractivity contribution < 1.29 is 18.3 Å². The maximum atomic E-state index is 14.2. The molecule has 8 heteroatoms. The number of anilines is 1. The molecule has 0 bridgehead atoms. The minimum Gasteiger partial charge on any atom is -0.465 e. The molecule has 3 aromatic rings. The van der Waals surface area contributed by atoms with Crippen molar-refractivity contribution in [3.63, 3.8) is 0 Å². The van der Waals surface area contributed by atoms with E-state index in [9.17, 15) is 13.6 Å². The average Bonchev–Trinajstić information content (AvgIpc) is 3.03. The molecule has 0 radical (unpaired) electrons. The first-order valence-corrected chi connectivity index (χ1v) is 7.64. The molecular weight excluding hydrogens is 342 g/mol. The molecular formula is C18H12F2N4O2. The standard InChI is InChI=1S/C18H12F2N4O2/c1-26-18(25)9-5-6-13-10(7-9)16-14(8-21-24-16)23-17(22-13)15-11(19)3-2-4-12(15)20/h2-8H,1H3,(H,21,24)(H,22,23). The molecule has 2 aromatic carbocycles. The lowest BCUT2D eigenvalue weighted by Crippen LogP contribution is -2.16. The van der Waals surface area contributed by atoms with Gasteiger partial charge in [-0.15, -0.1) is 0 Å². The van der Waals surface area contributed by atoms with Crippen LogP contribution in [0.4, 0.5) is 20.2 Å². The lowest BCUT2D eigenvalue weighted by atomic mass is 10.1. The molecule has 1 aliphatic heterocycles. The molecule has 2 N–H and O–H groups in total. The lowest BCUT2D eigenvalue weighted by Gasteiger charge is -2.09. The predicted octanol–water partition coefficient (Wildman–Crippen LogP) is 3.65. The molecule has 1 aliphatic rings. The van der Waals surface area contributed by atoms with E-state index >= 15 is 0 Å². The number of hydrogen-bond acceptors (Lipinski definition) is 5. The summed E-state index contributed by atoms with van der Waals surface area (Å²) in [5.74, 6) is -1.98. The van der Waals surface area contributed by atoms with Crippen molar-refractivity contribution in [1.82, 2.24) is 10.2 Å². The zero-order valence-electron chi connectivity index (χ0n) is 13.5. The monoisotopic (exact) mass is 354 g/mol. The molecule has 0 saturated carbocycles. The number of ether oxygens (including phenoxy) is 1. The van der Waals surface area contributed by atoms with E-state index in [0.29, 0.717) is 28.2 Å². The third-order valence-corrected chi connectivity index (χ3v) is 4.01. The average molecular weight is 354 g/mol. The van der Waals surface area contributed by atoms with Gasteiger partial charge in [-0.3, -0.25) is 5.10 Å². The summed E-state index contributed by atoms with van der Waals surface area (Å²) in [6.07, 6.45) is 1.48. The Morgan fingerprint density at radius 1 is 1.15 bits per heavy atom. The van der Waals surface area contributed by atoms with Crippen LogP contribution in [0.5, 0.6) is 0 Å². The normalized spacial score (nSPS) is 12.3. The highest BCUT2D eigenvalue weighted by Gasteiger charge is 2.23. The van der Waals surface area contributed by atoms with E-state index in [0.717, 1.165) is 12.1 Å². The number of aliphatic imine (C=N–C) groups is 1. The van der Waals surface area contributed by atoms with Crippen LogP contribution in [-0.2, 0) is 4.74 Å². The summed E-state index contributed by atoms with van der Waals surface area (Å²) in [4.78, 5) is 16.2. The second kappa shape index (κ2) is 6.07. The summed E-state index contributed by atoms with van der Waals surface area (Å²) < 4.78 is 33.2. The minimum atomic E-state index is -0.740. The van der Waals surface area contributed by atoms with Gasteiger partial charge in [0, 0.05) is 5.56 Å². The van der Waals surface area contributed by atoms with E-state index in [4.69, 9.17) is 4.74 Å². The second-order valence-electron chi connectivity index (χ2n) is 5.56. The molecule has 1 aromatic heterocycles. The second-order valence-corrected chi connectivity index (χ2v) is 5.56. The molecule has 0 atom stereocenters. The Kier molecular flexibility index (Phi) is 3.72. The van der Waals surface area contributed by atoms with Gasteiger partial charge in [-0.2, -0.15) is 5.10 Å². The SMILES string of the molecule is COC(=O)c1ccc2c(c1)-c1[nH]ncc1NC(c1c(F)cccc1F)=N2. The van der Waals surface area contributed by atoms with Crippen LogP contribution in [0.25, 0.3) is 11.3 Å². The zero-order chi connectivity index (χ0) is 18.3. The van der Waals surface area contributed by atoms with E-state index in [1.165, 1.54) is 25.4 Å². The maximum absolute atomic E-state index is 14.2. The van der Waals surface area contributed by atoms with E-state index < -0.39 is 17.6 Å². The van der Waals surface area contributed by atoms with Gasteiger partial charge in [-0.1, -0.05) is 6.07 Å². The van der Waals surface area contributed by atoms with Crippen molar-refractivity contribution in [2.45, 2.75) is 0 Å². The summed E-state index contributed by atoms with van der Waals surface area (Å²) >= 11 is 0. The quantitative estimate of drug-likeness (QED) is 0.689. The Bertz CT molecular complexity index is 1040. The van der Waals surface area contributed by atoms with Crippen molar-refractivity contribution in [2.75, 3.05) is 12.4 Å². The highest BCUT2D eigenvalue weighted by Crippen LogP contribution is 2.38. The number of halogens is 2. The van der Waals surface area contributed by atoms with Crippen molar-refractivity contribution in [2.24, 2.45) is 4.99 Å². The Hall–Kier alpha value is -3.55. The summed E-state index contributed by atoms with van der Waals surface area (Å²) in [6.45, 7) is 0. The van der Waals surface area contributed by atoms with Gasteiger partial charge in [0.25, 0.3) is 0 Å². The highest BCUT2D eigenvalue weighted by atomic mass is 19.1. The molecule has 0 saturated heterocycles. The predicted molar refractivity (Wildman–Crippen MR) is 91.5 cm³/mol. The number of nitrogens with zero attached hydrogens (tertiary/aromatic N) is 2. The van der Waals surface area contributed by atoms with Crippen LogP contribution < -0.4 is 5.32 Å². The third-order valence-electron chi connectivity index (χ3n) is 4.01. The largest absolute Gasteiger partial charge is 0.465 e. The third kappa shape index (κ3) is 2.52. The first-order valence-electron chi connectivity index (χ1n) is 7.64. The Labute approximate surface area is 146 Å². The molecule has 0 aliphatic carbocycles. The van der Waals surface area contributed by atoms with Crippen LogP contribution in [0.2, 0.25) is 0 Å². The Morgan fingerprint density at radius 3 is 2.65 bits per heavy atom. The topological polar surface area (TPSA) is 79.4 Å². The van der Waals surface area contributed by atoms with Gasteiger partial charge in [-0.05, 0) is 30.3 Å². The summed E-state index contributed by atoms with van der Waals surface area (Å²) in [5, 5.41) is 9.69. The van der Waals surface area contributed by atoms with Gasteiger partial charge in [-0.25, -0.2) is 18.6 Å². The Balaban J connectivity index is 1.95. The van der Waals surface area contributed by atoms with Crippen molar-refractivity contribution in [3.05, 3.63) is 65.4 Å². The number of esters is 1. The molecule has 0 unspecified atom stereocenters. The lowest BCUT2D eigenvalue weighted by molar-refractivity contribution is 0.0601. The number of rotatable bonds is 2. The number of methoxy groups -OCH3 is 1. The number of H-pyrrole nitrogens is 1. The number of fused-ring (bicyclic) bond motifs is 3. The highest BCUT2D eigenvalue weighted by molar-refractivity contribution is 6.13. The summed E-state index contributed by atoms with van der Waals surface area (Å²) in [7, 11) is 1.29. The van der Waals surface area contributed by atoms with Gasteiger partial charge in [0.2, 0.25) is 0 Å².